The van der Waals surface area contributed by atoms with Gasteiger partial charge in [0.2, 0.25) is 0 Å². The van der Waals surface area contributed by atoms with Gasteiger partial charge in [0.1, 0.15) is 11.4 Å². The maximum atomic E-state index is 11.9. The highest BCUT2D eigenvalue weighted by Crippen LogP contribution is 2.29. The Balaban J connectivity index is 1.67. The van der Waals surface area contributed by atoms with E-state index in [4.69, 9.17) is 4.74 Å². The van der Waals surface area contributed by atoms with E-state index >= 15 is 0 Å². The van der Waals surface area contributed by atoms with Gasteiger partial charge in [-0.1, -0.05) is 24.3 Å². The van der Waals surface area contributed by atoms with Gasteiger partial charge < -0.3 is 14.4 Å². The van der Waals surface area contributed by atoms with Gasteiger partial charge in [0.15, 0.2) is 0 Å². The van der Waals surface area contributed by atoms with Crippen molar-refractivity contribution in [3.63, 3.8) is 0 Å². The highest BCUT2D eigenvalue weighted by atomic mass is 16.5. The first kappa shape index (κ1) is 20.2. The number of benzene rings is 2. The summed E-state index contributed by atoms with van der Waals surface area (Å²) in [4.78, 5) is 14.4. The zero-order valence-corrected chi connectivity index (χ0v) is 17.8. The van der Waals surface area contributed by atoms with Crippen molar-refractivity contribution in [2.45, 2.75) is 32.9 Å². The second-order valence-electron chi connectivity index (χ2n) is 8.11. The normalized spacial score (nSPS) is 14.9. The molecule has 1 N–H and O–H groups in total. The molecule has 3 aromatic rings. The van der Waals surface area contributed by atoms with Crippen LogP contribution in [0.4, 0.5) is 0 Å². The Morgan fingerprint density at radius 3 is 2.50 bits per heavy atom. The summed E-state index contributed by atoms with van der Waals surface area (Å²) < 4.78 is 7.09. The van der Waals surface area contributed by atoms with Crippen molar-refractivity contribution in [1.82, 2.24) is 9.47 Å². The number of nitrogens with zero attached hydrogens (tertiary/aromatic N) is 2. The van der Waals surface area contributed by atoms with Crippen molar-refractivity contribution in [2.24, 2.45) is 0 Å². The van der Waals surface area contributed by atoms with Crippen LogP contribution >= 0.6 is 0 Å². The molecule has 4 rings (SSSR count). The molecule has 0 saturated heterocycles. The lowest BCUT2D eigenvalue weighted by Gasteiger charge is -2.29. The molecule has 2 heterocycles. The monoisotopic (exact) mass is 404 g/mol. The number of rotatable bonds is 6. The van der Waals surface area contributed by atoms with Gasteiger partial charge in [0.25, 0.3) is 0 Å². The lowest BCUT2D eigenvalue weighted by atomic mass is 9.98. The third-order valence-electron chi connectivity index (χ3n) is 5.96. The number of methoxy groups -OCH3 is 1. The molecule has 1 aliphatic heterocycles. The fraction of sp³-hybridized carbons (Fsp3) is 0.320. The van der Waals surface area contributed by atoms with E-state index < -0.39 is 5.97 Å². The number of carboxylic acids is 1. The van der Waals surface area contributed by atoms with Crippen molar-refractivity contribution in [2.75, 3.05) is 20.2 Å². The summed E-state index contributed by atoms with van der Waals surface area (Å²) in [7, 11) is 1.64. The molecule has 5 nitrogen and oxygen atoms in total. The zero-order valence-electron chi connectivity index (χ0n) is 17.8. The molecule has 0 saturated carbocycles. The molecule has 2 aromatic carbocycles. The van der Waals surface area contributed by atoms with E-state index in [1.165, 1.54) is 11.1 Å². The summed E-state index contributed by atoms with van der Waals surface area (Å²) in [5.41, 5.74) is 4.80. The quantitative estimate of drug-likeness (QED) is 0.635. The fourth-order valence-electron chi connectivity index (χ4n) is 4.15. The Kier molecular flexibility index (Phi) is 5.64. The summed E-state index contributed by atoms with van der Waals surface area (Å²) in [5.74, 6) is -0.123. The first-order valence-electron chi connectivity index (χ1n) is 10.4. The van der Waals surface area contributed by atoms with Crippen LogP contribution in [-0.2, 0) is 6.54 Å². The topological polar surface area (TPSA) is 54.7 Å². The second kappa shape index (κ2) is 8.36. The molecule has 1 aromatic heterocycles. The molecule has 30 heavy (non-hydrogen) atoms. The number of aromatic nitrogens is 1. The minimum Gasteiger partial charge on any atom is -0.497 e. The van der Waals surface area contributed by atoms with Crippen molar-refractivity contribution < 1.29 is 14.6 Å². The van der Waals surface area contributed by atoms with Gasteiger partial charge >= 0.3 is 5.97 Å². The molecule has 0 radical (unpaired) electrons. The number of carboxylic acid groups (broad SMARTS) is 1. The molecule has 0 bridgehead atoms. The number of aromatic carboxylic acids is 1. The van der Waals surface area contributed by atoms with Crippen LogP contribution in [0.15, 0.2) is 54.6 Å². The molecule has 5 heteroatoms. The second-order valence-corrected chi connectivity index (χ2v) is 8.11. The van der Waals surface area contributed by atoms with Crippen LogP contribution in [0.25, 0.3) is 16.5 Å². The van der Waals surface area contributed by atoms with Crippen molar-refractivity contribution in [1.29, 1.82) is 0 Å². The molecular formula is C25H28N2O3. The van der Waals surface area contributed by atoms with Crippen LogP contribution < -0.4 is 4.74 Å². The van der Waals surface area contributed by atoms with E-state index in [0.717, 1.165) is 41.7 Å². The van der Waals surface area contributed by atoms with Gasteiger partial charge in [-0.2, -0.15) is 0 Å². The van der Waals surface area contributed by atoms with Gasteiger partial charge in [-0.15, -0.1) is 0 Å². The largest absolute Gasteiger partial charge is 0.497 e. The number of hydrogen-bond acceptors (Lipinski definition) is 3. The summed E-state index contributed by atoms with van der Waals surface area (Å²) in [6.07, 6.45) is 3.32. The summed E-state index contributed by atoms with van der Waals surface area (Å²) in [6.45, 7) is 6.97. The average Bonchev–Trinajstić information content (AvgIpc) is 3.12. The highest BCUT2D eigenvalue weighted by Gasteiger charge is 2.18. The first-order valence-corrected chi connectivity index (χ1v) is 10.4. The summed E-state index contributed by atoms with van der Waals surface area (Å²) >= 11 is 0. The van der Waals surface area contributed by atoms with Crippen LogP contribution in [0.3, 0.4) is 0 Å². The Labute approximate surface area is 177 Å². The summed E-state index contributed by atoms with van der Waals surface area (Å²) in [5, 5.41) is 10.7. The average molecular weight is 405 g/mol. The van der Waals surface area contributed by atoms with E-state index in [1.807, 2.05) is 28.8 Å². The van der Waals surface area contributed by atoms with E-state index in [1.54, 1.807) is 13.2 Å². The molecule has 0 amide bonds. The van der Waals surface area contributed by atoms with Gasteiger partial charge in [0.05, 0.1) is 7.11 Å². The molecule has 156 valence electrons. The van der Waals surface area contributed by atoms with Gasteiger partial charge in [-0.25, -0.2) is 4.79 Å². The number of fused-ring (bicyclic) bond motifs is 1. The van der Waals surface area contributed by atoms with Gasteiger partial charge in [-0.05, 0) is 67.3 Å². The highest BCUT2D eigenvalue weighted by molar-refractivity contribution is 5.95. The lowest BCUT2D eigenvalue weighted by Crippen LogP contribution is -2.34. The number of carbonyl (C=O) groups is 1. The maximum Gasteiger partial charge on any atom is 0.352 e. The van der Waals surface area contributed by atoms with E-state index in [2.05, 4.69) is 43.0 Å². The molecule has 0 spiro atoms. The standard InChI is InChI=1S/C25H28N2O3/c1-17(2)26-12-10-19(11-13-26)20-6-9-23-21(14-20)15-24(25(28)29)27(23)16-18-4-7-22(30-3)8-5-18/h4-10,14-15,17H,11-13,16H2,1-3H3,(H,28,29). The Morgan fingerprint density at radius 2 is 1.90 bits per heavy atom. The van der Waals surface area contributed by atoms with Crippen LogP contribution in [0.2, 0.25) is 0 Å². The smallest absolute Gasteiger partial charge is 0.352 e. The molecule has 0 atom stereocenters. The lowest BCUT2D eigenvalue weighted by molar-refractivity contribution is 0.0686. The van der Waals surface area contributed by atoms with Crippen LogP contribution in [-0.4, -0.2) is 46.8 Å². The van der Waals surface area contributed by atoms with Crippen LogP contribution in [0.5, 0.6) is 5.75 Å². The Bertz CT molecular complexity index is 1090. The Morgan fingerprint density at radius 1 is 1.13 bits per heavy atom. The molecule has 0 aliphatic carbocycles. The van der Waals surface area contributed by atoms with Gasteiger partial charge in [0, 0.05) is 36.6 Å². The molecular weight excluding hydrogens is 376 g/mol. The minimum absolute atomic E-state index is 0.307. The minimum atomic E-state index is -0.911. The molecule has 0 unspecified atom stereocenters. The van der Waals surface area contributed by atoms with Crippen molar-refractivity contribution in [3.8, 4) is 5.75 Å². The third kappa shape index (κ3) is 3.98. The number of ether oxygens (including phenoxy) is 1. The maximum absolute atomic E-state index is 11.9. The van der Waals surface area contributed by atoms with Crippen LogP contribution in [0.1, 0.15) is 41.9 Å². The Hall–Kier alpha value is -3.05. The van der Waals surface area contributed by atoms with E-state index in [0.29, 0.717) is 18.3 Å². The molecule has 1 aliphatic rings. The van der Waals surface area contributed by atoms with E-state index in [9.17, 15) is 9.90 Å². The first-order chi connectivity index (χ1) is 14.5. The predicted molar refractivity (Wildman–Crippen MR) is 120 cm³/mol. The summed E-state index contributed by atoms with van der Waals surface area (Å²) in [6, 6.07) is 16.4. The zero-order chi connectivity index (χ0) is 21.3. The van der Waals surface area contributed by atoms with Crippen molar-refractivity contribution >= 4 is 22.4 Å². The third-order valence-corrected chi connectivity index (χ3v) is 5.96. The fourth-order valence-corrected chi connectivity index (χ4v) is 4.15. The van der Waals surface area contributed by atoms with Gasteiger partial charge in [-0.3, -0.25) is 4.90 Å². The number of hydrogen-bond donors (Lipinski definition) is 1. The predicted octanol–water partition coefficient (Wildman–Crippen LogP) is 4.89. The SMILES string of the molecule is COc1ccc(Cn2c(C(=O)O)cc3cc(C4=CCN(C(C)C)CC4)ccc32)cc1. The van der Waals surface area contributed by atoms with Crippen LogP contribution in [0, 0.1) is 0 Å². The molecule has 0 fully saturated rings. The van der Waals surface area contributed by atoms with E-state index in [-0.39, 0.29) is 0 Å². The van der Waals surface area contributed by atoms with Crippen molar-refractivity contribution in [3.05, 3.63) is 71.4 Å².